The van der Waals surface area contributed by atoms with Gasteiger partial charge in [0.15, 0.2) is 0 Å². The average molecular weight is 498 g/mol. The zero-order valence-electron chi connectivity index (χ0n) is 17.5. The van der Waals surface area contributed by atoms with E-state index in [4.69, 9.17) is 13.7 Å². The van der Waals surface area contributed by atoms with Crippen molar-refractivity contribution in [3.05, 3.63) is 66.0 Å². The van der Waals surface area contributed by atoms with Crippen LogP contribution in [0.4, 0.5) is 5.69 Å². The molecule has 3 rings (SSSR count). The van der Waals surface area contributed by atoms with Crippen LogP contribution >= 0.6 is 11.3 Å². The first-order valence-corrected chi connectivity index (χ1v) is 13.3. The highest BCUT2D eigenvalue weighted by atomic mass is 32.2. The van der Waals surface area contributed by atoms with Crippen LogP contribution in [0.1, 0.15) is 6.92 Å². The molecule has 1 heterocycles. The van der Waals surface area contributed by atoms with Gasteiger partial charge in [-0.1, -0.05) is 6.07 Å². The highest BCUT2D eigenvalue weighted by Crippen LogP contribution is 2.28. The minimum absolute atomic E-state index is 0.0314. The zero-order valence-corrected chi connectivity index (χ0v) is 20.0. The highest BCUT2D eigenvalue weighted by molar-refractivity contribution is 7.94. The van der Waals surface area contributed by atoms with Gasteiger partial charge in [0, 0.05) is 13.7 Å². The van der Waals surface area contributed by atoms with Gasteiger partial charge in [-0.15, -0.1) is 11.3 Å². The Balaban J connectivity index is 1.66. The molecule has 0 aliphatic heterocycles. The number of thiophene rings is 1. The summed E-state index contributed by atoms with van der Waals surface area (Å²) in [5.74, 6) is 0.579. The summed E-state index contributed by atoms with van der Waals surface area (Å²) in [5, 5.41) is 1.68. The second kappa shape index (κ2) is 10.3. The lowest BCUT2D eigenvalue weighted by Gasteiger charge is -2.18. The van der Waals surface area contributed by atoms with Crippen LogP contribution in [0.25, 0.3) is 0 Å². The number of ether oxygens (including phenoxy) is 2. The lowest BCUT2D eigenvalue weighted by Crippen LogP contribution is -2.25. The van der Waals surface area contributed by atoms with Crippen LogP contribution in [0.15, 0.2) is 75.1 Å². The molecule has 0 atom stereocenters. The summed E-state index contributed by atoms with van der Waals surface area (Å²) in [6, 6.07) is 14.8. The van der Waals surface area contributed by atoms with E-state index in [1.165, 1.54) is 61.6 Å². The molecule has 32 heavy (non-hydrogen) atoms. The second-order valence-electron chi connectivity index (χ2n) is 6.45. The third kappa shape index (κ3) is 5.80. The van der Waals surface area contributed by atoms with Gasteiger partial charge in [-0.3, -0.25) is 4.31 Å². The fraction of sp³-hybridized carbons (Fsp3) is 0.238. The van der Waals surface area contributed by atoms with Gasteiger partial charge in [0.2, 0.25) is 0 Å². The molecule has 0 unspecified atom stereocenters. The van der Waals surface area contributed by atoms with Crippen LogP contribution in [0.2, 0.25) is 0 Å². The number of sulfonamides is 1. The van der Waals surface area contributed by atoms with Crippen molar-refractivity contribution in [2.75, 3.05) is 31.2 Å². The molecule has 0 saturated heterocycles. The van der Waals surface area contributed by atoms with Crippen LogP contribution < -0.4 is 13.2 Å². The van der Waals surface area contributed by atoms with Gasteiger partial charge in [0.25, 0.3) is 10.0 Å². The predicted molar refractivity (Wildman–Crippen MR) is 123 cm³/mol. The van der Waals surface area contributed by atoms with Gasteiger partial charge in [-0.25, -0.2) is 8.42 Å². The summed E-state index contributed by atoms with van der Waals surface area (Å²) in [7, 11) is -6.32. The maximum atomic E-state index is 12.6. The van der Waals surface area contributed by atoms with Crippen LogP contribution in [-0.2, 0) is 24.9 Å². The van der Waals surface area contributed by atoms with E-state index in [1.807, 2.05) is 6.92 Å². The molecule has 8 nitrogen and oxygen atoms in total. The molecule has 0 spiro atoms. The molecule has 11 heteroatoms. The Morgan fingerprint density at radius 1 is 0.875 bits per heavy atom. The number of anilines is 1. The molecule has 0 bridgehead atoms. The maximum Gasteiger partial charge on any atom is 0.339 e. The van der Waals surface area contributed by atoms with Crippen molar-refractivity contribution < 1.29 is 30.5 Å². The second-order valence-corrected chi connectivity index (χ2v) is 11.1. The minimum Gasteiger partial charge on any atom is -0.491 e. The molecule has 2 aromatic carbocycles. The van der Waals surface area contributed by atoms with Gasteiger partial charge in [0.1, 0.15) is 27.2 Å². The van der Waals surface area contributed by atoms with Crippen LogP contribution in [0.3, 0.4) is 0 Å². The lowest BCUT2D eigenvalue weighted by atomic mass is 10.3. The molecule has 0 saturated carbocycles. The van der Waals surface area contributed by atoms with Crippen LogP contribution in [0.5, 0.6) is 11.5 Å². The Hall–Kier alpha value is -2.60. The Bertz CT molecular complexity index is 1210. The molecular formula is C21H23NO7S3. The number of hydrogen-bond acceptors (Lipinski definition) is 8. The normalized spacial score (nSPS) is 11.8. The van der Waals surface area contributed by atoms with E-state index in [2.05, 4.69) is 0 Å². The fourth-order valence-corrected chi connectivity index (χ4v) is 5.92. The molecule has 3 aromatic rings. The van der Waals surface area contributed by atoms with E-state index in [1.54, 1.807) is 11.4 Å². The van der Waals surface area contributed by atoms with Crippen molar-refractivity contribution in [3.8, 4) is 11.5 Å². The van der Waals surface area contributed by atoms with Gasteiger partial charge in [-0.2, -0.15) is 8.42 Å². The molecule has 0 fully saturated rings. The van der Waals surface area contributed by atoms with Crippen LogP contribution in [-0.4, -0.2) is 43.7 Å². The standard InChI is InChI=1S/C21H23NO7S3/c1-3-27-14-15-28-18-10-12-20(13-11-18)32(25,26)29-19-8-6-17(7-9-19)22(2)31(23,24)21-5-4-16-30-21/h4-13,16H,3,14-15H2,1-2H3. The molecule has 0 aliphatic carbocycles. The molecule has 0 radical (unpaired) electrons. The van der Waals surface area contributed by atoms with Crippen molar-refractivity contribution >= 4 is 37.2 Å². The highest BCUT2D eigenvalue weighted by Gasteiger charge is 2.23. The monoisotopic (exact) mass is 497 g/mol. The Morgan fingerprint density at radius 2 is 1.53 bits per heavy atom. The topological polar surface area (TPSA) is 99.2 Å². The number of benzene rings is 2. The van der Waals surface area contributed by atoms with Crippen molar-refractivity contribution in [2.24, 2.45) is 0 Å². The molecule has 0 N–H and O–H groups in total. The smallest absolute Gasteiger partial charge is 0.339 e. The van der Waals surface area contributed by atoms with E-state index in [-0.39, 0.29) is 14.9 Å². The molecule has 1 aromatic heterocycles. The summed E-state index contributed by atoms with van der Waals surface area (Å²) in [6.45, 7) is 3.29. The Kier molecular flexibility index (Phi) is 7.77. The lowest BCUT2D eigenvalue weighted by molar-refractivity contribution is 0.110. The summed E-state index contributed by atoms with van der Waals surface area (Å²) >= 11 is 1.12. The third-order valence-corrected chi connectivity index (χ3v) is 8.75. The number of nitrogens with zero attached hydrogens (tertiary/aromatic N) is 1. The molecular weight excluding hydrogens is 474 g/mol. The van der Waals surface area contributed by atoms with Crippen LogP contribution in [0, 0.1) is 0 Å². The van der Waals surface area contributed by atoms with Crippen molar-refractivity contribution in [1.29, 1.82) is 0 Å². The van der Waals surface area contributed by atoms with Crippen molar-refractivity contribution in [3.63, 3.8) is 0 Å². The molecule has 172 valence electrons. The van der Waals surface area contributed by atoms with Gasteiger partial charge in [0.05, 0.1) is 12.3 Å². The summed E-state index contributed by atoms with van der Waals surface area (Å²) < 4.78 is 67.5. The maximum absolute atomic E-state index is 12.6. The van der Waals surface area contributed by atoms with Gasteiger partial charge < -0.3 is 13.7 Å². The quantitative estimate of drug-likeness (QED) is 0.294. The van der Waals surface area contributed by atoms with E-state index in [9.17, 15) is 16.8 Å². The Morgan fingerprint density at radius 3 is 2.12 bits per heavy atom. The average Bonchev–Trinajstić information content (AvgIpc) is 3.33. The van der Waals surface area contributed by atoms with E-state index < -0.39 is 20.1 Å². The van der Waals surface area contributed by atoms with Gasteiger partial charge >= 0.3 is 10.1 Å². The zero-order chi connectivity index (χ0) is 23.2. The van der Waals surface area contributed by atoms with Gasteiger partial charge in [-0.05, 0) is 66.9 Å². The first-order valence-electron chi connectivity index (χ1n) is 9.61. The minimum atomic E-state index is -4.07. The third-order valence-electron chi connectivity index (χ3n) is 4.33. The summed E-state index contributed by atoms with van der Waals surface area (Å²) in [6.07, 6.45) is 0. The Labute approximate surface area is 192 Å². The van der Waals surface area contributed by atoms with E-state index in [0.717, 1.165) is 15.6 Å². The molecule has 0 aliphatic rings. The van der Waals surface area contributed by atoms with E-state index in [0.29, 0.717) is 31.3 Å². The number of hydrogen-bond donors (Lipinski definition) is 0. The first kappa shape index (κ1) is 24.1. The van der Waals surface area contributed by atoms with E-state index >= 15 is 0 Å². The largest absolute Gasteiger partial charge is 0.491 e. The number of rotatable bonds is 11. The predicted octanol–water partition coefficient (Wildman–Crippen LogP) is 3.76. The molecule has 0 amide bonds. The SMILES string of the molecule is CCOCCOc1ccc(S(=O)(=O)Oc2ccc(N(C)S(=O)(=O)c3cccs3)cc2)cc1. The first-order chi connectivity index (χ1) is 15.2. The van der Waals surface area contributed by atoms with Crippen molar-refractivity contribution in [2.45, 2.75) is 16.0 Å². The summed E-state index contributed by atoms with van der Waals surface area (Å²) in [5.41, 5.74) is 0.372. The summed E-state index contributed by atoms with van der Waals surface area (Å²) in [4.78, 5) is -0.0314. The van der Waals surface area contributed by atoms with Crippen molar-refractivity contribution in [1.82, 2.24) is 0 Å². The fourth-order valence-electron chi connectivity index (χ4n) is 2.64.